The van der Waals surface area contributed by atoms with Gasteiger partial charge in [-0.15, -0.1) is 0 Å². The second-order valence-corrected chi connectivity index (χ2v) is 5.69. The fourth-order valence-corrected chi connectivity index (χ4v) is 2.85. The van der Waals surface area contributed by atoms with Crippen molar-refractivity contribution in [3.63, 3.8) is 0 Å². The summed E-state index contributed by atoms with van der Waals surface area (Å²) in [4.78, 5) is 22.4. The van der Waals surface area contributed by atoms with Gasteiger partial charge in [0.15, 0.2) is 5.16 Å². The van der Waals surface area contributed by atoms with Crippen LogP contribution < -0.4 is 5.73 Å². The van der Waals surface area contributed by atoms with Crippen LogP contribution in [-0.4, -0.2) is 52.3 Å². The lowest BCUT2D eigenvalue weighted by molar-refractivity contribution is -0.135. The molecule has 1 unspecified atom stereocenters. The fourth-order valence-electron chi connectivity index (χ4n) is 2.04. The van der Waals surface area contributed by atoms with Crippen molar-refractivity contribution in [2.75, 3.05) is 31.2 Å². The van der Waals surface area contributed by atoms with Crippen LogP contribution in [0.4, 0.5) is 5.82 Å². The molecule has 0 radical (unpaired) electrons. The number of ether oxygens (including phenoxy) is 1. The van der Waals surface area contributed by atoms with Crippen molar-refractivity contribution in [3.8, 4) is 0 Å². The number of carbonyl (C=O) groups is 1. The predicted molar refractivity (Wildman–Crippen MR) is 78.5 cm³/mol. The number of nitrogens with zero attached hydrogens (tertiary/aromatic N) is 3. The van der Waals surface area contributed by atoms with E-state index in [1.165, 1.54) is 11.8 Å². The van der Waals surface area contributed by atoms with Crippen molar-refractivity contribution < 1.29 is 9.53 Å². The number of morpholine rings is 1. The number of rotatable bonds is 4. The Morgan fingerprint density at radius 1 is 1.60 bits per heavy atom. The number of hydrogen-bond donors (Lipinski definition) is 1. The zero-order valence-electron chi connectivity index (χ0n) is 11.8. The third-order valence-electron chi connectivity index (χ3n) is 3.13. The standard InChI is InChI=1S/C13H20N4O2S/c1-3-10-7-17(4-5-19-10)12(18)8-20-13-15-9(2)6-11(14)16-13/h6,10H,3-5,7-8H2,1-2H3,(H2,14,15,16). The second kappa shape index (κ2) is 6.90. The largest absolute Gasteiger partial charge is 0.384 e. The Morgan fingerprint density at radius 2 is 2.40 bits per heavy atom. The smallest absolute Gasteiger partial charge is 0.233 e. The zero-order valence-corrected chi connectivity index (χ0v) is 12.7. The highest BCUT2D eigenvalue weighted by atomic mass is 32.2. The Bertz CT molecular complexity index is 463. The minimum atomic E-state index is 0.0976. The SMILES string of the molecule is CCC1CN(C(=O)CSc2nc(C)cc(N)n2)CCO1. The topological polar surface area (TPSA) is 81.3 Å². The first-order valence-corrected chi connectivity index (χ1v) is 7.70. The van der Waals surface area contributed by atoms with Gasteiger partial charge in [-0.1, -0.05) is 18.7 Å². The van der Waals surface area contributed by atoms with Gasteiger partial charge < -0.3 is 15.4 Å². The van der Waals surface area contributed by atoms with Crippen LogP contribution in [0, 0.1) is 6.92 Å². The Kier molecular flexibility index (Phi) is 5.19. The predicted octanol–water partition coefficient (Wildman–Crippen LogP) is 1.10. The van der Waals surface area contributed by atoms with E-state index >= 15 is 0 Å². The van der Waals surface area contributed by atoms with Gasteiger partial charge in [0.2, 0.25) is 5.91 Å². The molecule has 110 valence electrons. The zero-order chi connectivity index (χ0) is 14.5. The Balaban J connectivity index is 1.88. The highest BCUT2D eigenvalue weighted by Crippen LogP contribution is 2.17. The number of nitrogen functional groups attached to an aromatic ring is 1. The van der Waals surface area contributed by atoms with Gasteiger partial charge in [-0.3, -0.25) is 4.79 Å². The number of anilines is 1. The lowest BCUT2D eigenvalue weighted by atomic mass is 10.2. The van der Waals surface area contributed by atoms with Crippen molar-refractivity contribution in [3.05, 3.63) is 11.8 Å². The summed E-state index contributed by atoms with van der Waals surface area (Å²) in [5.41, 5.74) is 6.48. The minimum absolute atomic E-state index is 0.0976. The summed E-state index contributed by atoms with van der Waals surface area (Å²) in [6.45, 7) is 5.87. The highest BCUT2D eigenvalue weighted by molar-refractivity contribution is 7.99. The van der Waals surface area contributed by atoms with E-state index in [2.05, 4.69) is 16.9 Å². The molecule has 2 N–H and O–H groups in total. The van der Waals surface area contributed by atoms with Crippen LogP contribution in [0.1, 0.15) is 19.0 Å². The first kappa shape index (κ1) is 15.1. The molecule has 1 amide bonds. The van der Waals surface area contributed by atoms with Gasteiger partial charge in [0.1, 0.15) is 5.82 Å². The molecule has 20 heavy (non-hydrogen) atoms. The molecule has 1 aromatic heterocycles. The summed E-state index contributed by atoms with van der Waals surface area (Å²) >= 11 is 1.33. The van der Waals surface area contributed by atoms with Crippen LogP contribution in [0.15, 0.2) is 11.2 Å². The summed E-state index contributed by atoms with van der Waals surface area (Å²) in [7, 11) is 0. The molecule has 1 saturated heterocycles. The van der Waals surface area contributed by atoms with Crippen LogP contribution >= 0.6 is 11.8 Å². The maximum absolute atomic E-state index is 12.2. The molecule has 6 nitrogen and oxygen atoms in total. The molecular weight excluding hydrogens is 276 g/mol. The molecule has 0 spiro atoms. The number of thioether (sulfide) groups is 1. The monoisotopic (exact) mass is 296 g/mol. The molecule has 1 aromatic rings. The number of nitrogens with two attached hydrogens (primary N) is 1. The maximum atomic E-state index is 12.2. The van der Waals surface area contributed by atoms with Gasteiger partial charge in [0, 0.05) is 24.8 Å². The van der Waals surface area contributed by atoms with Gasteiger partial charge in [-0.2, -0.15) is 0 Å². The quantitative estimate of drug-likeness (QED) is 0.662. The fraction of sp³-hybridized carbons (Fsp3) is 0.615. The van der Waals surface area contributed by atoms with Crippen LogP contribution in [0.2, 0.25) is 0 Å². The molecule has 1 fully saturated rings. The van der Waals surface area contributed by atoms with Crippen molar-refractivity contribution in [1.29, 1.82) is 0 Å². The van der Waals surface area contributed by atoms with E-state index in [9.17, 15) is 4.79 Å². The number of amides is 1. The number of aryl methyl sites for hydroxylation is 1. The minimum Gasteiger partial charge on any atom is -0.384 e. The van der Waals surface area contributed by atoms with Crippen molar-refractivity contribution in [1.82, 2.24) is 14.9 Å². The molecule has 0 aromatic carbocycles. The molecule has 2 rings (SSSR count). The van der Waals surface area contributed by atoms with Gasteiger partial charge >= 0.3 is 0 Å². The lowest BCUT2D eigenvalue weighted by Crippen LogP contribution is -2.46. The Hall–Kier alpha value is -1.34. The summed E-state index contributed by atoms with van der Waals surface area (Å²) in [5.74, 6) is 0.865. The molecule has 1 aliphatic heterocycles. The van der Waals surface area contributed by atoms with Gasteiger partial charge in [0.05, 0.1) is 18.5 Å². The van der Waals surface area contributed by atoms with Crippen molar-refractivity contribution in [2.45, 2.75) is 31.5 Å². The van der Waals surface area contributed by atoms with E-state index in [0.717, 1.165) is 12.1 Å². The molecule has 0 bridgehead atoms. The first-order valence-electron chi connectivity index (χ1n) is 6.71. The number of aromatic nitrogens is 2. The highest BCUT2D eigenvalue weighted by Gasteiger charge is 2.23. The van der Waals surface area contributed by atoms with Crippen LogP contribution in [0.3, 0.4) is 0 Å². The lowest BCUT2D eigenvalue weighted by Gasteiger charge is -2.32. The van der Waals surface area contributed by atoms with Crippen LogP contribution in [-0.2, 0) is 9.53 Å². The van der Waals surface area contributed by atoms with Crippen molar-refractivity contribution in [2.24, 2.45) is 0 Å². The molecule has 1 atom stereocenters. The average Bonchev–Trinajstić information content (AvgIpc) is 2.44. The van der Waals surface area contributed by atoms with Gasteiger partial charge in [0.25, 0.3) is 0 Å². The molecule has 2 heterocycles. The van der Waals surface area contributed by atoms with E-state index < -0.39 is 0 Å². The molecule has 0 saturated carbocycles. The van der Waals surface area contributed by atoms with Crippen molar-refractivity contribution >= 4 is 23.5 Å². The van der Waals surface area contributed by atoms with Gasteiger partial charge in [-0.05, 0) is 13.3 Å². The number of hydrogen-bond acceptors (Lipinski definition) is 6. The normalized spacial score (nSPS) is 19.1. The van der Waals surface area contributed by atoms with E-state index in [0.29, 0.717) is 36.4 Å². The summed E-state index contributed by atoms with van der Waals surface area (Å²) in [5, 5.41) is 0.552. The molecule has 7 heteroatoms. The molecule has 1 aliphatic rings. The Morgan fingerprint density at radius 3 is 3.10 bits per heavy atom. The maximum Gasteiger partial charge on any atom is 0.233 e. The van der Waals surface area contributed by atoms with Crippen LogP contribution in [0.25, 0.3) is 0 Å². The molecular formula is C13H20N4O2S. The second-order valence-electron chi connectivity index (χ2n) is 4.75. The van der Waals surface area contributed by atoms with Crippen LogP contribution in [0.5, 0.6) is 0 Å². The third kappa shape index (κ3) is 4.08. The summed E-state index contributed by atoms with van der Waals surface area (Å²) in [6.07, 6.45) is 1.08. The van der Waals surface area contributed by atoms with E-state index in [-0.39, 0.29) is 12.0 Å². The average molecular weight is 296 g/mol. The van der Waals surface area contributed by atoms with E-state index in [1.807, 2.05) is 11.8 Å². The van der Waals surface area contributed by atoms with E-state index in [1.54, 1.807) is 6.07 Å². The first-order chi connectivity index (χ1) is 9.58. The summed E-state index contributed by atoms with van der Waals surface area (Å²) < 4.78 is 5.56. The van der Waals surface area contributed by atoms with E-state index in [4.69, 9.17) is 10.5 Å². The molecule has 0 aliphatic carbocycles. The third-order valence-corrected chi connectivity index (χ3v) is 3.96. The summed E-state index contributed by atoms with van der Waals surface area (Å²) in [6, 6.07) is 1.71. The Labute approximate surface area is 123 Å². The number of carbonyl (C=O) groups excluding carboxylic acids is 1. The van der Waals surface area contributed by atoms with Gasteiger partial charge in [-0.25, -0.2) is 9.97 Å².